The molecule has 22 heavy (non-hydrogen) atoms. The molecule has 1 unspecified atom stereocenters. The van der Waals surface area contributed by atoms with Gasteiger partial charge < -0.3 is 10.3 Å². The summed E-state index contributed by atoms with van der Waals surface area (Å²) in [6.07, 6.45) is 3.74. The van der Waals surface area contributed by atoms with Crippen LogP contribution in [0.1, 0.15) is 44.4 Å². The number of H-pyrrole nitrogens is 1. The number of imidazole rings is 1. The molecule has 2 rings (SSSR count). The molecule has 1 aromatic rings. The van der Waals surface area contributed by atoms with Gasteiger partial charge in [-0.15, -0.1) is 0 Å². The molecule has 0 aliphatic carbocycles. The SMILES string of the molecule is CCc1nc(CN2CCC(CNC(=O)C=C(C)C)C2)c(C)[nH]1. The van der Waals surface area contributed by atoms with Crippen molar-refractivity contribution in [1.82, 2.24) is 20.2 Å². The van der Waals surface area contributed by atoms with Gasteiger partial charge in [-0.1, -0.05) is 12.5 Å². The second-order valence-electron chi connectivity index (χ2n) is 6.47. The van der Waals surface area contributed by atoms with Crippen molar-refractivity contribution in [1.29, 1.82) is 0 Å². The number of aromatic amines is 1. The Kier molecular flexibility index (Phi) is 5.77. The monoisotopic (exact) mass is 304 g/mol. The number of allylic oxidation sites excluding steroid dienone is 1. The highest BCUT2D eigenvalue weighted by Gasteiger charge is 2.23. The molecule has 0 bridgehead atoms. The van der Waals surface area contributed by atoms with E-state index in [4.69, 9.17) is 0 Å². The fraction of sp³-hybridized carbons (Fsp3) is 0.647. The Hall–Kier alpha value is -1.62. The Balaban J connectivity index is 1.79. The number of aryl methyl sites for hydroxylation is 2. The lowest BCUT2D eigenvalue weighted by molar-refractivity contribution is -0.116. The van der Waals surface area contributed by atoms with Gasteiger partial charge in [-0.25, -0.2) is 4.98 Å². The molecule has 1 saturated heterocycles. The lowest BCUT2D eigenvalue weighted by Gasteiger charge is -2.15. The number of nitrogens with zero attached hydrogens (tertiary/aromatic N) is 2. The minimum Gasteiger partial charge on any atom is -0.352 e. The van der Waals surface area contributed by atoms with Crippen molar-refractivity contribution in [3.8, 4) is 0 Å². The molecule has 1 aromatic heterocycles. The molecule has 1 atom stereocenters. The summed E-state index contributed by atoms with van der Waals surface area (Å²) in [6, 6.07) is 0. The average molecular weight is 304 g/mol. The minimum absolute atomic E-state index is 0.0224. The third kappa shape index (κ3) is 4.70. The molecule has 2 heterocycles. The molecule has 1 aliphatic rings. The molecule has 0 aromatic carbocycles. The summed E-state index contributed by atoms with van der Waals surface area (Å²) in [5.41, 5.74) is 3.37. The molecule has 122 valence electrons. The van der Waals surface area contributed by atoms with E-state index in [-0.39, 0.29) is 5.91 Å². The van der Waals surface area contributed by atoms with Crippen molar-refractivity contribution < 1.29 is 4.79 Å². The van der Waals surface area contributed by atoms with Gasteiger partial charge in [-0.3, -0.25) is 9.69 Å². The molecular formula is C17H28N4O. The van der Waals surface area contributed by atoms with Gasteiger partial charge in [0.1, 0.15) is 5.82 Å². The smallest absolute Gasteiger partial charge is 0.243 e. The Morgan fingerprint density at radius 1 is 1.50 bits per heavy atom. The summed E-state index contributed by atoms with van der Waals surface area (Å²) < 4.78 is 0. The molecule has 5 nitrogen and oxygen atoms in total. The summed E-state index contributed by atoms with van der Waals surface area (Å²) in [6.45, 7) is 11.9. The molecule has 1 amide bonds. The van der Waals surface area contributed by atoms with Gasteiger partial charge in [-0.05, 0) is 39.7 Å². The van der Waals surface area contributed by atoms with Gasteiger partial charge in [0.15, 0.2) is 0 Å². The molecule has 0 radical (unpaired) electrons. The van der Waals surface area contributed by atoms with Crippen LogP contribution in [0.2, 0.25) is 0 Å². The lowest BCUT2D eigenvalue weighted by atomic mass is 10.1. The first-order valence-corrected chi connectivity index (χ1v) is 8.17. The highest BCUT2D eigenvalue weighted by Crippen LogP contribution is 2.19. The Bertz CT molecular complexity index is 543. The fourth-order valence-corrected chi connectivity index (χ4v) is 2.88. The molecule has 1 aliphatic heterocycles. The Morgan fingerprint density at radius 2 is 2.27 bits per heavy atom. The van der Waals surface area contributed by atoms with Crippen LogP contribution in [0.15, 0.2) is 11.6 Å². The van der Waals surface area contributed by atoms with Crippen molar-refractivity contribution >= 4 is 5.91 Å². The largest absolute Gasteiger partial charge is 0.352 e. The second kappa shape index (κ2) is 7.58. The first-order chi connectivity index (χ1) is 10.5. The van der Waals surface area contributed by atoms with Crippen LogP contribution in [0.25, 0.3) is 0 Å². The molecule has 2 N–H and O–H groups in total. The number of aromatic nitrogens is 2. The van der Waals surface area contributed by atoms with Crippen molar-refractivity contribution in [2.45, 2.75) is 47.1 Å². The number of nitrogens with one attached hydrogen (secondary N) is 2. The van der Waals surface area contributed by atoms with E-state index in [1.54, 1.807) is 6.08 Å². The van der Waals surface area contributed by atoms with Crippen LogP contribution >= 0.6 is 0 Å². The third-order valence-electron chi connectivity index (χ3n) is 4.10. The second-order valence-corrected chi connectivity index (χ2v) is 6.47. The van der Waals surface area contributed by atoms with Crippen LogP contribution in [0.4, 0.5) is 0 Å². The van der Waals surface area contributed by atoms with Crippen molar-refractivity contribution in [3.05, 3.63) is 28.9 Å². The number of hydrogen-bond donors (Lipinski definition) is 2. The maximum atomic E-state index is 11.6. The maximum absolute atomic E-state index is 11.6. The number of carbonyl (C=O) groups is 1. The van der Waals surface area contributed by atoms with Gasteiger partial charge in [0.2, 0.25) is 5.91 Å². The molecular weight excluding hydrogens is 276 g/mol. The van der Waals surface area contributed by atoms with E-state index in [0.29, 0.717) is 5.92 Å². The van der Waals surface area contributed by atoms with Gasteiger partial charge in [0.25, 0.3) is 0 Å². The van der Waals surface area contributed by atoms with Crippen LogP contribution in [0.5, 0.6) is 0 Å². The minimum atomic E-state index is 0.0224. The number of amides is 1. The maximum Gasteiger partial charge on any atom is 0.243 e. The van der Waals surface area contributed by atoms with Gasteiger partial charge in [0.05, 0.1) is 5.69 Å². The summed E-state index contributed by atoms with van der Waals surface area (Å²) in [5, 5.41) is 3.00. The third-order valence-corrected chi connectivity index (χ3v) is 4.10. The van der Waals surface area contributed by atoms with Crippen molar-refractivity contribution in [3.63, 3.8) is 0 Å². The average Bonchev–Trinajstić information content (AvgIpc) is 3.03. The summed E-state index contributed by atoms with van der Waals surface area (Å²) in [4.78, 5) is 22.1. The Morgan fingerprint density at radius 3 is 2.91 bits per heavy atom. The Labute approximate surface area is 133 Å². The standard InChI is InChI=1S/C17H28N4O/c1-5-16-19-13(4)15(20-16)11-21-7-6-14(10-21)9-18-17(22)8-12(2)3/h8,14H,5-7,9-11H2,1-4H3,(H,18,22)(H,19,20). The van der Waals surface area contributed by atoms with Crippen molar-refractivity contribution in [2.24, 2.45) is 5.92 Å². The summed E-state index contributed by atoms with van der Waals surface area (Å²) in [5.74, 6) is 1.63. The van der Waals surface area contributed by atoms with Crippen LogP contribution in [0.3, 0.4) is 0 Å². The van der Waals surface area contributed by atoms with Gasteiger partial charge >= 0.3 is 0 Å². The fourth-order valence-electron chi connectivity index (χ4n) is 2.88. The topological polar surface area (TPSA) is 61.0 Å². The van der Waals surface area contributed by atoms with E-state index in [2.05, 4.69) is 34.0 Å². The summed E-state index contributed by atoms with van der Waals surface area (Å²) in [7, 11) is 0. The number of likely N-dealkylation sites (tertiary alicyclic amines) is 1. The van der Waals surface area contributed by atoms with E-state index in [1.165, 1.54) is 5.69 Å². The molecule has 1 fully saturated rings. The summed E-state index contributed by atoms with van der Waals surface area (Å²) >= 11 is 0. The van der Waals surface area contributed by atoms with Crippen LogP contribution < -0.4 is 5.32 Å². The zero-order valence-electron chi connectivity index (χ0n) is 14.2. The van der Waals surface area contributed by atoms with Crippen LogP contribution in [0, 0.1) is 12.8 Å². The molecule has 5 heteroatoms. The number of rotatable bonds is 6. The normalized spacial score (nSPS) is 18.5. The van der Waals surface area contributed by atoms with E-state index in [9.17, 15) is 4.79 Å². The highest BCUT2D eigenvalue weighted by atomic mass is 16.1. The zero-order chi connectivity index (χ0) is 16.1. The van der Waals surface area contributed by atoms with Crippen LogP contribution in [-0.2, 0) is 17.8 Å². The van der Waals surface area contributed by atoms with E-state index in [1.807, 2.05) is 13.8 Å². The molecule has 0 saturated carbocycles. The first-order valence-electron chi connectivity index (χ1n) is 8.17. The first kappa shape index (κ1) is 16.7. The van der Waals surface area contributed by atoms with Crippen molar-refractivity contribution in [2.75, 3.05) is 19.6 Å². The van der Waals surface area contributed by atoms with E-state index >= 15 is 0 Å². The van der Waals surface area contributed by atoms with E-state index < -0.39 is 0 Å². The highest BCUT2D eigenvalue weighted by molar-refractivity contribution is 5.87. The lowest BCUT2D eigenvalue weighted by Crippen LogP contribution is -2.30. The number of carbonyl (C=O) groups excluding carboxylic acids is 1. The predicted octanol–water partition coefficient (Wildman–Crippen LogP) is 2.18. The van der Waals surface area contributed by atoms with Crippen LogP contribution in [-0.4, -0.2) is 40.4 Å². The molecule has 0 spiro atoms. The van der Waals surface area contributed by atoms with Gasteiger partial charge in [-0.2, -0.15) is 0 Å². The van der Waals surface area contributed by atoms with Gasteiger partial charge in [0, 0.05) is 37.8 Å². The quantitative estimate of drug-likeness (QED) is 0.792. The predicted molar refractivity (Wildman–Crippen MR) is 88.5 cm³/mol. The van der Waals surface area contributed by atoms with E-state index in [0.717, 1.165) is 56.1 Å². The number of hydrogen-bond acceptors (Lipinski definition) is 3. The zero-order valence-corrected chi connectivity index (χ0v) is 14.2.